The number of rotatable bonds is 13. The lowest BCUT2D eigenvalue weighted by Gasteiger charge is -2.19. The first-order chi connectivity index (χ1) is 17.1. The lowest BCUT2D eigenvalue weighted by Crippen LogP contribution is -2.43. The van der Waals surface area contributed by atoms with Gasteiger partial charge < -0.3 is 32.5 Å². The predicted octanol–water partition coefficient (Wildman–Crippen LogP) is 0.984. The van der Waals surface area contributed by atoms with Gasteiger partial charge in [0.2, 0.25) is 17.7 Å². The van der Waals surface area contributed by atoms with E-state index in [1.807, 2.05) is 0 Å². The molecular weight excluding hydrogens is 466 g/mol. The first-order valence-corrected chi connectivity index (χ1v) is 11.4. The Hall–Kier alpha value is -4.25. The van der Waals surface area contributed by atoms with E-state index in [4.69, 9.17) is 11.5 Å². The molecule has 0 aromatic heterocycles. The maximum Gasteiger partial charge on any atom is 0.326 e. The molecule has 2 aromatic rings. The van der Waals surface area contributed by atoms with Gasteiger partial charge in [0.25, 0.3) is 5.91 Å². The average Bonchev–Trinajstić information content (AvgIpc) is 2.83. The van der Waals surface area contributed by atoms with Crippen LogP contribution in [0.3, 0.4) is 0 Å². The molecule has 36 heavy (non-hydrogen) atoms. The molecule has 192 valence electrons. The second-order valence-corrected chi connectivity index (χ2v) is 8.19. The molecule has 0 aliphatic carbocycles. The lowest BCUT2D eigenvalue weighted by molar-refractivity contribution is -0.141. The van der Waals surface area contributed by atoms with E-state index in [-0.39, 0.29) is 11.5 Å². The minimum Gasteiger partial charge on any atom is -0.480 e. The number of nitrogens with two attached hydrogens (primary N) is 2. The molecule has 0 aliphatic heterocycles. The Kier molecular flexibility index (Phi) is 10.6. The van der Waals surface area contributed by atoms with Crippen molar-refractivity contribution in [2.75, 3.05) is 11.9 Å². The van der Waals surface area contributed by atoms with Gasteiger partial charge in [-0.3, -0.25) is 19.2 Å². The van der Waals surface area contributed by atoms with Gasteiger partial charge in [0, 0.05) is 18.2 Å². The minimum atomic E-state index is -1.50. The van der Waals surface area contributed by atoms with E-state index in [0.29, 0.717) is 42.6 Å². The maximum atomic E-state index is 13.0. The van der Waals surface area contributed by atoms with Crippen molar-refractivity contribution in [1.29, 1.82) is 0 Å². The normalized spacial score (nSPS) is 12.2. The van der Waals surface area contributed by atoms with Crippen LogP contribution in [0.4, 0.5) is 5.69 Å². The summed E-state index contributed by atoms with van der Waals surface area (Å²) < 4.78 is 0. The Morgan fingerprint density at radius 2 is 1.64 bits per heavy atom. The monoisotopic (exact) mass is 497 g/mol. The van der Waals surface area contributed by atoms with Crippen molar-refractivity contribution in [3.63, 3.8) is 0 Å². The maximum absolute atomic E-state index is 13.0. The number of carbonyl (C=O) groups excluding carboxylic acids is 4. The predicted molar refractivity (Wildman–Crippen MR) is 134 cm³/mol. The highest BCUT2D eigenvalue weighted by Gasteiger charge is 2.25. The number of carboxylic acids is 1. The van der Waals surface area contributed by atoms with Gasteiger partial charge in [-0.05, 0) is 55.1 Å². The van der Waals surface area contributed by atoms with E-state index in [9.17, 15) is 29.1 Å². The van der Waals surface area contributed by atoms with Crippen LogP contribution in [0.15, 0.2) is 48.5 Å². The number of carbonyl (C=O) groups is 5. The van der Waals surface area contributed by atoms with Gasteiger partial charge in [0.15, 0.2) is 0 Å². The first kappa shape index (κ1) is 28.0. The molecule has 8 N–H and O–H groups in total. The third-order valence-electron chi connectivity index (χ3n) is 5.27. The molecule has 0 spiro atoms. The van der Waals surface area contributed by atoms with E-state index < -0.39 is 42.2 Å². The zero-order valence-corrected chi connectivity index (χ0v) is 20.0. The van der Waals surface area contributed by atoms with E-state index in [1.54, 1.807) is 36.4 Å². The average molecular weight is 498 g/mol. The highest BCUT2D eigenvalue weighted by Crippen LogP contribution is 2.27. The fraction of sp³-hybridized carbons (Fsp3) is 0.320. The van der Waals surface area contributed by atoms with Crippen LogP contribution in [0, 0.1) is 0 Å². The highest BCUT2D eigenvalue weighted by atomic mass is 16.4. The number of amides is 4. The number of benzene rings is 2. The summed E-state index contributed by atoms with van der Waals surface area (Å²) >= 11 is 0. The van der Waals surface area contributed by atoms with Crippen molar-refractivity contribution in [2.24, 2.45) is 11.5 Å². The summed E-state index contributed by atoms with van der Waals surface area (Å²) in [5, 5.41) is 17.0. The van der Waals surface area contributed by atoms with Gasteiger partial charge in [-0.15, -0.1) is 0 Å². The Morgan fingerprint density at radius 3 is 2.22 bits per heavy atom. The molecule has 0 aliphatic rings. The van der Waals surface area contributed by atoms with Crippen molar-refractivity contribution >= 4 is 35.3 Å². The Morgan fingerprint density at radius 1 is 0.944 bits per heavy atom. The summed E-state index contributed by atoms with van der Waals surface area (Å²) in [6, 6.07) is 11.1. The first-order valence-electron chi connectivity index (χ1n) is 11.4. The third kappa shape index (κ3) is 8.51. The van der Waals surface area contributed by atoms with Gasteiger partial charge in [0.1, 0.15) is 12.1 Å². The lowest BCUT2D eigenvalue weighted by atomic mass is 9.97. The standard InChI is InChI=1S/C25H31N5O6/c1-15(31)28-20(9-5-6-12-26)24(34)29-17-10-11-18(19(13-17)16-7-3-2-4-8-16)23(33)30-21(25(35)36)14-22(27)32/h2-4,7-8,10-11,13,20-21H,5-6,9,12,14,26H2,1H3,(H2,27,32)(H,28,31)(H,29,34)(H,30,33)(H,35,36)/t20-,21-/m0/s1. The molecule has 0 fully saturated rings. The van der Waals surface area contributed by atoms with Crippen LogP contribution in [0.1, 0.15) is 43.0 Å². The van der Waals surface area contributed by atoms with Gasteiger partial charge in [-0.2, -0.15) is 0 Å². The smallest absolute Gasteiger partial charge is 0.326 e. The summed E-state index contributed by atoms with van der Waals surface area (Å²) in [6.07, 6.45) is 1.20. The molecule has 4 amide bonds. The Labute approximate surface area is 208 Å². The number of unbranched alkanes of at least 4 members (excludes halogenated alkanes) is 1. The van der Waals surface area contributed by atoms with E-state index in [2.05, 4.69) is 16.0 Å². The molecule has 2 rings (SSSR count). The number of aliphatic carboxylic acids is 1. The van der Waals surface area contributed by atoms with Crippen molar-refractivity contribution in [3.05, 3.63) is 54.1 Å². The van der Waals surface area contributed by atoms with Crippen LogP contribution in [0.25, 0.3) is 11.1 Å². The number of hydrogen-bond donors (Lipinski definition) is 6. The zero-order chi connectivity index (χ0) is 26.7. The van der Waals surface area contributed by atoms with Crippen LogP contribution in [0.2, 0.25) is 0 Å². The van der Waals surface area contributed by atoms with Crippen LogP contribution >= 0.6 is 0 Å². The summed E-state index contributed by atoms with van der Waals surface area (Å²) in [5.74, 6) is -3.76. The highest BCUT2D eigenvalue weighted by molar-refractivity contribution is 6.04. The SMILES string of the molecule is CC(=O)N[C@@H](CCCCN)C(=O)Nc1ccc(C(=O)N[C@@H](CC(N)=O)C(=O)O)c(-c2ccccc2)c1. The molecular formula is C25H31N5O6. The summed E-state index contributed by atoms with van der Waals surface area (Å²) in [7, 11) is 0. The molecule has 11 heteroatoms. The van der Waals surface area contributed by atoms with Crippen LogP contribution in [-0.4, -0.2) is 53.3 Å². The second kappa shape index (κ2) is 13.6. The van der Waals surface area contributed by atoms with Crippen molar-refractivity contribution in [3.8, 4) is 11.1 Å². The zero-order valence-electron chi connectivity index (χ0n) is 20.0. The summed E-state index contributed by atoms with van der Waals surface area (Å²) in [4.78, 5) is 60.1. The number of carboxylic acid groups (broad SMARTS) is 1. The Balaban J connectivity index is 2.36. The second-order valence-electron chi connectivity index (χ2n) is 8.19. The molecule has 11 nitrogen and oxygen atoms in total. The number of hydrogen-bond acceptors (Lipinski definition) is 6. The van der Waals surface area contributed by atoms with Crippen molar-refractivity contribution in [2.45, 2.75) is 44.7 Å². The van der Waals surface area contributed by atoms with Gasteiger partial charge in [-0.1, -0.05) is 30.3 Å². The fourth-order valence-corrected chi connectivity index (χ4v) is 3.55. The molecule has 2 atom stereocenters. The summed E-state index contributed by atoms with van der Waals surface area (Å²) in [6.45, 7) is 1.80. The summed E-state index contributed by atoms with van der Waals surface area (Å²) in [5.41, 5.74) is 12.2. The molecule has 0 unspecified atom stereocenters. The van der Waals surface area contributed by atoms with E-state index >= 15 is 0 Å². The van der Waals surface area contributed by atoms with E-state index in [1.165, 1.54) is 19.1 Å². The minimum absolute atomic E-state index is 0.135. The van der Waals surface area contributed by atoms with Gasteiger partial charge in [-0.25, -0.2) is 4.79 Å². The van der Waals surface area contributed by atoms with Gasteiger partial charge in [0.05, 0.1) is 6.42 Å². The fourth-order valence-electron chi connectivity index (χ4n) is 3.55. The number of anilines is 1. The molecule has 0 radical (unpaired) electrons. The molecule has 2 aromatic carbocycles. The number of nitrogens with one attached hydrogen (secondary N) is 3. The quantitative estimate of drug-likeness (QED) is 0.222. The van der Waals surface area contributed by atoms with Crippen LogP contribution < -0.4 is 27.4 Å². The Bertz CT molecular complexity index is 1110. The van der Waals surface area contributed by atoms with Crippen molar-refractivity contribution in [1.82, 2.24) is 10.6 Å². The topological polar surface area (TPSA) is 194 Å². The molecule has 0 saturated heterocycles. The largest absolute Gasteiger partial charge is 0.480 e. The molecule has 0 bridgehead atoms. The third-order valence-corrected chi connectivity index (χ3v) is 5.27. The van der Waals surface area contributed by atoms with Crippen molar-refractivity contribution < 1.29 is 29.1 Å². The van der Waals surface area contributed by atoms with Gasteiger partial charge >= 0.3 is 5.97 Å². The number of primary amides is 1. The molecule has 0 saturated carbocycles. The van der Waals surface area contributed by atoms with Crippen LogP contribution in [-0.2, 0) is 19.2 Å². The van der Waals surface area contributed by atoms with Crippen LogP contribution in [0.5, 0.6) is 0 Å². The van der Waals surface area contributed by atoms with E-state index in [0.717, 1.165) is 0 Å². The molecule has 0 heterocycles.